The smallest absolute Gasteiger partial charge is 0.0625 e. The number of halogens is 2. The summed E-state index contributed by atoms with van der Waals surface area (Å²) < 4.78 is 1.07. The van der Waals surface area contributed by atoms with E-state index in [2.05, 4.69) is 20.9 Å². The van der Waals surface area contributed by atoms with E-state index in [-0.39, 0.29) is 5.38 Å². The van der Waals surface area contributed by atoms with E-state index in [1.54, 1.807) is 12.4 Å². The van der Waals surface area contributed by atoms with Crippen LogP contribution in [0.15, 0.2) is 53.3 Å². The minimum Gasteiger partial charge on any atom is -0.265 e. The van der Waals surface area contributed by atoms with Crippen molar-refractivity contribution in [2.24, 2.45) is 0 Å². The van der Waals surface area contributed by atoms with Crippen LogP contribution in [0.25, 0.3) is 0 Å². The van der Waals surface area contributed by atoms with E-state index in [0.717, 1.165) is 16.5 Å². The van der Waals surface area contributed by atoms with Crippen LogP contribution < -0.4 is 0 Å². The monoisotopic (exact) mass is 295 g/mol. The summed E-state index contributed by atoms with van der Waals surface area (Å²) in [5.74, 6) is 0. The summed E-state index contributed by atoms with van der Waals surface area (Å²) in [6, 6.07) is 12.1. The Labute approximate surface area is 109 Å². The van der Waals surface area contributed by atoms with Crippen molar-refractivity contribution >= 4 is 27.5 Å². The fourth-order valence-electron chi connectivity index (χ4n) is 1.52. The number of hydrogen-bond acceptors (Lipinski definition) is 1. The van der Waals surface area contributed by atoms with Gasteiger partial charge in [-0.05, 0) is 41.8 Å². The number of alkyl halides is 1. The molecule has 2 aromatic rings. The van der Waals surface area contributed by atoms with Gasteiger partial charge in [0.05, 0.1) is 5.38 Å². The highest BCUT2D eigenvalue weighted by molar-refractivity contribution is 9.10. The molecule has 0 aliphatic heterocycles. The minimum atomic E-state index is 0.00972. The lowest BCUT2D eigenvalue weighted by Gasteiger charge is -2.09. The van der Waals surface area contributed by atoms with Gasteiger partial charge in [-0.1, -0.05) is 28.1 Å². The summed E-state index contributed by atoms with van der Waals surface area (Å²) in [6.07, 6.45) is 4.41. The summed E-state index contributed by atoms with van der Waals surface area (Å²) in [7, 11) is 0. The molecule has 82 valence electrons. The van der Waals surface area contributed by atoms with Crippen LogP contribution in [-0.4, -0.2) is 4.98 Å². The molecular formula is C13H11BrClN. The fraction of sp³-hybridized carbons (Fsp3) is 0.154. The molecule has 2 rings (SSSR count). The van der Waals surface area contributed by atoms with Crippen LogP contribution >= 0.6 is 27.5 Å². The highest BCUT2D eigenvalue weighted by Crippen LogP contribution is 2.25. The minimum absolute atomic E-state index is 0.00972. The molecule has 3 heteroatoms. The van der Waals surface area contributed by atoms with Gasteiger partial charge in [0.15, 0.2) is 0 Å². The average molecular weight is 297 g/mol. The maximum absolute atomic E-state index is 6.36. The number of aromatic nitrogens is 1. The molecule has 0 fully saturated rings. The van der Waals surface area contributed by atoms with Crippen molar-refractivity contribution in [3.8, 4) is 0 Å². The Morgan fingerprint density at radius 1 is 1.06 bits per heavy atom. The van der Waals surface area contributed by atoms with Gasteiger partial charge >= 0.3 is 0 Å². The third-order valence-corrected chi connectivity index (χ3v) is 3.33. The predicted molar refractivity (Wildman–Crippen MR) is 70.7 cm³/mol. The van der Waals surface area contributed by atoms with Crippen molar-refractivity contribution in [3.63, 3.8) is 0 Å². The first-order chi connectivity index (χ1) is 7.75. The summed E-state index contributed by atoms with van der Waals surface area (Å²) in [4.78, 5) is 3.99. The molecule has 1 heterocycles. The summed E-state index contributed by atoms with van der Waals surface area (Å²) in [5, 5.41) is 0.00972. The van der Waals surface area contributed by atoms with Crippen LogP contribution in [0.3, 0.4) is 0 Å². The van der Waals surface area contributed by atoms with E-state index in [1.165, 1.54) is 5.56 Å². The van der Waals surface area contributed by atoms with Gasteiger partial charge in [0, 0.05) is 16.9 Å². The van der Waals surface area contributed by atoms with E-state index in [9.17, 15) is 0 Å². The second-order valence-electron chi connectivity index (χ2n) is 3.58. The summed E-state index contributed by atoms with van der Waals surface area (Å²) in [6.45, 7) is 0. The molecular weight excluding hydrogens is 286 g/mol. The zero-order chi connectivity index (χ0) is 11.4. The number of nitrogens with zero attached hydrogens (tertiary/aromatic N) is 1. The van der Waals surface area contributed by atoms with Crippen molar-refractivity contribution in [1.82, 2.24) is 4.98 Å². The first-order valence-electron chi connectivity index (χ1n) is 5.04. The van der Waals surface area contributed by atoms with Gasteiger partial charge in [-0.15, -0.1) is 11.6 Å². The van der Waals surface area contributed by atoms with Gasteiger partial charge in [0.25, 0.3) is 0 Å². The van der Waals surface area contributed by atoms with Gasteiger partial charge in [-0.25, -0.2) is 0 Å². The first-order valence-corrected chi connectivity index (χ1v) is 6.27. The Bertz CT molecular complexity index is 441. The number of rotatable bonds is 3. The molecule has 1 aromatic carbocycles. The van der Waals surface area contributed by atoms with Crippen LogP contribution in [0, 0.1) is 0 Å². The lowest BCUT2D eigenvalue weighted by molar-refractivity contribution is 0.916. The molecule has 0 saturated carbocycles. The SMILES string of the molecule is ClC(Cc1ccncc1)c1ccc(Br)cc1. The third kappa shape index (κ3) is 3.06. The number of hydrogen-bond donors (Lipinski definition) is 0. The van der Waals surface area contributed by atoms with Gasteiger partial charge in [-0.2, -0.15) is 0 Å². The summed E-state index contributed by atoms with van der Waals surface area (Å²) in [5.41, 5.74) is 2.35. The Hall–Kier alpha value is -0.860. The molecule has 0 aliphatic carbocycles. The van der Waals surface area contributed by atoms with E-state index in [4.69, 9.17) is 11.6 Å². The third-order valence-electron chi connectivity index (χ3n) is 2.40. The molecule has 16 heavy (non-hydrogen) atoms. The highest BCUT2D eigenvalue weighted by Gasteiger charge is 2.08. The zero-order valence-corrected chi connectivity index (χ0v) is 10.9. The zero-order valence-electron chi connectivity index (χ0n) is 8.61. The molecule has 0 radical (unpaired) electrons. The molecule has 0 bridgehead atoms. The molecule has 0 aliphatic rings. The highest BCUT2D eigenvalue weighted by atomic mass is 79.9. The van der Waals surface area contributed by atoms with Crippen LogP contribution in [0.5, 0.6) is 0 Å². The largest absolute Gasteiger partial charge is 0.265 e. The standard InChI is InChI=1S/C13H11BrClN/c14-12-3-1-11(2-4-12)13(15)9-10-5-7-16-8-6-10/h1-8,13H,9H2. The van der Waals surface area contributed by atoms with Crippen molar-refractivity contribution < 1.29 is 0 Å². The molecule has 0 N–H and O–H groups in total. The van der Waals surface area contributed by atoms with Gasteiger partial charge in [0.1, 0.15) is 0 Å². The molecule has 1 atom stereocenters. The fourth-order valence-corrected chi connectivity index (χ4v) is 2.10. The maximum atomic E-state index is 6.36. The molecule has 1 nitrogen and oxygen atoms in total. The maximum Gasteiger partial charge on any atom is 0.0625 e. The molecule has 0 amide bonds. The Kier molecular flexibility index (Phi) is 3.97. The van der Waals surface area contributed by atoms with Crippen molar-refractivity contribution in [1.29, 1.82) is 0 Å². The van der Waals surface area contributed by atoms with Crippen LogP contribution in [0.2, 0.25) is 0 Å². The quantitative estimate of drug-likeness (QED) is 0.767. The lowest BCUT2D eigenvalue weighted by atomic mass is 10.1. The Morgan fingerprint density at radius 2 is 1.69 bits per heavy atom. The van der Waals surface area contributed by atoms with E-state index in [0.29, 0.717) is 0 Å². The van der Waals surface area contributed by atoms with Crippen molar-refractivity contribution in [3.05, 3.63) is 64.4 Å². The number of benzene rings is 1. The summed E-state index contributed by atoms with van der Waals surface area (Å²) >= 11 is 9.77. The van der Waals surface area contributed by atoms with E-state index < -0.39 is 0 Å². The van der Waals surface area contributed by atoms with Gasteiger partial charge in [-0.3, -0.25) is 4.98 Å². The Morgan fingerprint density at radius 3 is 2.31 bits per heavy atom. The normalized spacial score (nSPS) is 12.4. The molecule has 0 saturated heterocycles. The Balaban J connectivity index is 2.09. The predicted octanol–water partition coefficient (Wildman–Crippen LogP) is 4.37. The molecule has 1 aromatic heterocycles. The van der Waals surface area contributed by atoms with Crippen molar-refractivity contribution in [2.75, 3.05) is 0 Å². The van der Waals surface area contributed by atoms with Crippen molar-refractivity contribution in [2.45, 2.75) is 11.8 Å². The number of pyridine rings is 1. The topological polar surface area (TPSA) is 12.9 Å². The van der Waals surface area contributed by atoms with Gasteiger partial charge in [0.2, 0.25) is 0 Å². The molecule has 1 unspecified atom stereocenters. The van der Waals surface area contributed by atoms with E-state index in [1.807, 2.05) is 36.4 Å². The van der Waals surface area contributed by atoms with Gasteiger partial charge < -0.3 is 0 Å². The van der Waals surface area contributed by atoms with E-state index >= 15 is 0 Å². The second-order valence-corrected chi connectivity index (χ2v) is 5.02. The lowest BCUT2D eigenvalue weighted by Crippen LogP contribution is -1.95. The second kappa shape index (κ2) is 5.46. The first kappa shape index (κ1) is 11.6. The van der Waals surface area contributed by atoms with Crippen LogP contribution in [0.4, 0.5) is 0 Å². The molecule has 0 spiro atoms. The van der Waals surface area contributed by atoms with Crippen LogP contribution in [-0.2, 0) is 6.42 Å². The average Bonchev–Trinajstić information content (AvgIpc) is 2.31. The van der Waals surface area contributed by atoms with Crippen LogP contribution in [0.1, 0.15) is 16.5 Å².